The van der Waals surface area contributed by atoms with Gasteiger partial charge < -0.3 is 14.8 Å². The predicted molar refractivity (Wildman–Crippen MR) is 119 cm³/mol. The Morgan fingerprint density at radius 3 is 2.45 bits per heavy atom. The van der Waals surface area contributed by atoms with Crippen molar-refractivity contribution >= 4 is 15.9 Å². The fourth-order valence-electron chi connectivity index (χ4n) is 3.72. The molecule has 2 aromatic carbocycles. The Morgan fingerprint density at radius 1 is 1.13 bits per heavy atom. The summed E-state index contributed by atoms with van der Waals surface area (Å²) in [4.78, 5) is 13.2. The van der Waals surface area contributed by atoms with Crippen molar-refractivity contribution in [2.24, 2.45) is 0 Å². The zero-order valence-corrected chi connectivity index (χ0v) is 19.3. The number of amides is 1. The Bertz CT molecular complexity index is 1050. The number of carbonyl (C=O) groups excluding carboxylic acids is 1. The van der Waals surface area contributed by atoms with Crippen LogP contribution in [0.3, 0.4) is 0 Å². The molecule has 1 heterocycles. The van der Waals surface area contributed by atoms with Gasteiger partial charge in [-0.2, -0.15) is 4.31 Å². The van der Waals surface area contributed by atoms with Gasteiger partial charge in [-0.1, -0.05) is 25.1 Å². The molecule has 0 aromatic heterocycles. The quantitative estimate of drug-likeness (QED) is 0.706. The van der Waals surface area contributed by atoms with Crippen LogP contribution >= 0.6 is 0 Å². The number of methoxy groups -OCH3 is 1. The third-order valence-corrected chi connectivity index (χ3v) is 7.49. The Morgan fingerprint density at radius 2 is 1.84 bits per heavy atom. The molecule has 1 saturated heterocycles. The van der Waals surface area contributed by atoms with E-state index >= 15 is 0 Å². The second kappa shape index (κ2) is 9.80. The molecule has 0 aliphatic carbocycles. The van der Waals surface area contributed by atoms with E-state index in [0.29, 0.717) is 38.3 Å². The molecule has 1 atom stereocenters. The van der Waals surface area contributed by atoms with E-state index in [1.807, 2.05) is 32.0 Å². The maximum absolute atomic E-state index is 13.1. The van der Waals surface area contributed by atoms with Crippen LogP contribution in [0.2, 0.25) is 0 Å². The molecular formula is C23H30N2O5S. The summed E-state index contributed by atoms with van der Waals surface area (Å²) in [6, 6.07) is 10.3. The second-order valence-corrected chi connectivity index (χ2v) is 9.59. The summed E-state index contributed by atoms with van der Waals surface area (Å²) in [6.07, 6.45) is 0.697. The average Bonchev–Trinajstić information content (AvgIpc) is 2.78. The predicted octanol–water partition coefficient (Wildman–Crippen LogP) is 3.21. The van der Waals surface area contributed by atoms with Crippen molar-refractivity contribution in [3.63, 3.8) is 0 Å². The zero-order chi connectivity index (χ0) is 22.6. The molecule has 8 heteroatoms. The highest BCUT2D eigenvalue weighted by Gasteiger charge is 2.27. The molecule has 1 fully saturated rings. The molecule has 7 nitrogen and oxygen atoms in total. The fourth-order valence-corrected chi connectivity index (χ4v) is 5.15. The van der Waals surface area contributed by atoms with Crippen molar-refractivity contribution in [2.45, 2.75) is 38.1 Å². The van der Waals surface area contributed by atoms with Gasteiger partial charge in [0, 0.05) is 18.7 Å². The molecule has 1 aliphatic heterocycles. The van der Waals surface area contributed by atoms with E-state index < -0.39 is 10.0 Å². The number of rotatable bonds is 7. The molecule has 168 valence electrons. The highest BCUT2D eigenvalue weighted by atomic mass is 32.2. The number of benzene rings is 2. The Hall–Kier alpha value is -2.42. The van der Waals surface area contributed by atoms with E-state index in [1.54, 1.807) is 26.2 Å². The zero-order valence-electron chi connectivity index (χ0n) is 18.5. The van der Waals surface area contributed by atoms with E-state index in [-0.39, 0.29) is 16.8 Å². The van der Waals surface area contributed by atoms with E-state index in [4.69, 9.17) is 9.47 Å². The Kier molecular flexibility index (Phi) is 7.35. The minimum Gasteiger partial charge on any atom is -0.496 e. The Labute approximate surface area is 184 Å². The SMILES string of the molecule is CC[C@@H](NC(=O)c1cc(S(=O)(=O)N2CCOCC2)ccc1C)c1ccc(OC)c(C)c1. The molecule has 2 aromatic rings. The molecule has 0 bridgehead atoms. The molecule has 31 heavy (non-hydrogen) atoms. The van der Waals surface area contributed by atoms with Gasteiger partial charge in [-0.3, -0.25) is 4.79 Å². The van der Waals surface area contributed by atoms with Gasteiger partial charge in [0.15, 0.2) is 0 Å². The monoisotopic (exact) mass is 446 g/mol. The van der Waals surface area contributed by atoms with Crippen molar-refractivity contribution in [1.29, 1.82) is 0 Å². The van der Waals surface area contributed by atoms with Crippen LogP contribution in [0.5, 0.6) is 5.75 Å². The highest BCUT2D eigenvalue weighted by molar-refractivity contribution is 7.89. The van der Waals surface area contributed by atoms with Crippen LogP contribution in [0.1, 0.15) is 46.4 Å². The van der Waals surface area contributed by atoms with E-state index in [9.17, 15) is 13.2 Å². The van der Waals surface area contributed by atoms with Crippen LogP contribution in [0.15, 0.2) is 41.3 Å². The lowest BCUT2D eigenvalue weighted by molar-refractivity contribution is 0.0730. The molecule has 0 saturated carbocycles. The summed E-state index contributed by atoms with van der Waals surface area (Å²) < 4.78 is 38.0. The van der Waals surface area contributed by atoms with Crippen LogP contribution in [0, 0.1) is 13.8 Å². The summed E-state index contributed by atoms with van der Waals surface area (Å²) in [6.45, 7) is 7.13. The van der Waals surface area contributed by atoms with Crippen molar-refractivity contribution in [3.8, 4) is 5.75 Å². The van der Waals surface area contributed by atoms with Crippen LogP contribution in [-0.4, -0.2) is 52.0 Å². The number of nitrogens with one attached hydrogen (secondary N) is 1. The topological polar surface area (TPSA) is 84.9 Å². The smallest absolute Gasteiger partial charge is 0.252 e. The van der Waals surface area contributed by atoms with Gasteiger partial charge >= 0.3 is 0 Å². The minimum absolute atomic E-state index is 0.124. The molecule has 3 rings (SSSR count). The number of hydrogen-bond donors (Lipinski definition) is 1. The van der Waals surface area contributed by atoms with E-state index in [2.05, 4.69) is 5.32 Å². The van der Waals surface area contributed by atoms with Crippen LogP contribution in [-0.2, 0) is 14.8 Å². The first-order chi connectivity index (χ1) is 14.8. The Balaban J connectivity index is 1.85. The van der Waals surface area contributed by atoms with Gasteiger partial charge in [-0.05, 0) is 55.2 Å². The van der Waals surface area contributed by atoms with Crippen LogP contribution < -0.4 is 10.1 Å². The third kappa shape index (κ3) is 5.08. The molecule has 0 radical (unpaired) electrons. The van der Waals surface area contributed by atoms with Crippen molar-refractivity contribution in [3.05, 3.63) is 58.7 Å². The average molecular weight is 447 g/mol. The number of ether oxygens (including phenoxy) is 2. The van der Waals surface area contributed by atoms with E-state index in [0.717, 1.165) is 22.4 Å². The standard InChI is InChI=1S/C23H30N2O5S/c1-5-21(18-7-9-22(29-4)17(3)14-18)24-23(26)20-15-19(8-6-16(20)2)31(27,28)25-10-12-30-13-11-25/h6-9,14-15,21H,5,10-13H2,1-4H3,(H,24,26)/t21-/m1/s1. The molecule has 1 aliphatic rings. The number of carbonyl (C=O) groups is 1. The van der Waals surface area contributed by atoms with Gasteiger partial charge in [-0.15, -0.1) is 0 Å². The number of nitrogens with zero attached hydrogens (tertiary/aromatic N) is 1. The number of aryl methyl sites for hydroxylation is 2. The molecular weight excluding hydrogens is 416 g/mol. The third-order valence-electron chi connectivity index (χ3n) is 5.60. The van der Waals surface area contributed by atoms with Gasteiger partial charge in [0.05, 0.1) is 31.3 Å². The van der Waals surface area contributed by atoms with E-state index in [1.165, 1.54) is 10.4 Å². The van der Waals surface area contributed by atoms with Crippen LogP contribution in [0.25, 0.3) is 0 Å². The molecule has 1 N–H and O–H groups in total. The molecule has 1 amide bonds. The lowest BCUT2D eigenvalue weighted by atomic mass is 10.0. The number of morpholine rings is 1. The first-order valence-corrected chi connectivity index (χ1v) is 11.9. The van der Waals surface area contributed by atoms with Crippen molar-refractivity contribution in [2.75, 3.05) is 33.4 Å². The normalized spacial score (nSPS) is 16.0. The fraction of sp³-hybridized carbons (Fsp3) is 0.435. The lowest BCUT2D eigenvalue weighted by Crippen LogP contribution is -2.40. The summed E-state index contributed by atoms with van der Waals surface area (Å²) in [5.74, 6) is 0.499. The van der Waals surface area contributed by atoms with Crippen molar-refractivity contribution < 1.29 is 22.7 Å². The lowest BCUT2D eigenvalue weighted by Gasteiger charge is -2.26. The molecule has 0 spiro atoms. The number of hydrogen-bond acceptors (Lipinski definition) is 5. The first-order valence-electron chi connectivity index (χ1n) is 10.4. The van der Waals surface area contributed by atoms with Crippen molar-refractivity contribution in [1.82, 2.24) is 9.62 Å². The summed E-state index contributed by atoms with van der Waals surface area (Å²) in [7, 11) is -2.05. The summed E-state index contributed by atoms with van der Waals surface area (Å²) in [5, 5.41) is 3.05. The maximum atomic E-state index is 13.1. The largest absolute Gasteiger partial charge is 0.496 e. The maximum Gasteiger partial charge on any atom is 0.252 e. The summed E-state index contributed by atoms with van der Waals surface area (Å²) in [5.41, 5.74) is 3.04. The highest BCUT2D eigenvalue weighted by Crippen LogP contribution is 2.26. The second-order valence-electron chi connectivity index (χ2n) is 7.66. The van der Waals surface area contributed by atoms with Gasteiger partial charge in [-0.25, -0.2) is 8.42 Å². The molecule has 0 unspecified atom stereocenters. The van der Waals surface area contributed by atoms with Crippen LogP contribution in [0.4, 0.5) is 0 Å². The van der Waals surface area contributed by atoms with Gasteiger partial charge in [0.25, 0.3) is 5.91 Å². The number of sulfonamides is 1. The first kappa shape index (κ1) is 23.2. The summed E-state index contributed by atoms with van der Waals surface area (Å²) >= 11 is 0. The van der Waals surface area contributed by atoms with Gasteiger partial charge in [0.2, 0.25) is 10.0 Å². The van der Waals surface area contributed by atoms with Gasteiger partial charge in [0.1, 0.15) is 5.75 Å². The minimum atomic E-state index is -3.67.